The molecule has 126 valence electrons. The molecule has 1 heterocycles. The Balaban J connectivity index is 2.07. The lowest BCUT2D eigenvalue weighted by atomic mass is 10.1. The second-order valence-electron chi connectivity index (χ2n) is 6.48. The third-order valence-electron chi connectivity index (χ3n) is 4.55. The van der Waals surface area contributed by atoms with Crippen LogP contribution >= 0.6 is 0 Å². The molecule has 0 saturated carbocycles. The first-order valence-corrected chi connectivity index (χ1v) is 9.52. The minimum Gasteiger partial charge on any atom is -0.234 e. The zero-order valence-electron chi connectivity index (χ0n) is 15.0. The van der Waals surface area contributed by atoms with Gasteiger partial charge in [-0.15, -0.1) is 0 Å². The van der Waals surface area contributed by atoms with Gasteiger partial charge in [0, 0.05) is 6.42 Å². The molecule has 0 unspecified atom stereocenters. The average molecular weight is 314 g/mol. The van der Waals surface area contributed by atoms with Gasteiger partial charge in [0.2, 0.25) is 0 Å². The fraction of sp³-hybridized carbons (Fsp3) is 0.571. The lowest BCUT2D eigenvalue weighted by molar-refractivity contribution is -0.704. The monoisotopic (exact) mass is 313 g/mol. The Bertz CT molecular complexity index is 542. The second-order valence-corrected chi connectivity index (χ2v) is 6.48. The van der Waals surface area contributed by atoms with Crippen LogP contribution in [0, 0.1) is 0 Å². The molecule has 0 atom stereocenters. The van der Waals surface area contributed by atoms with Gasteiger partial charge in [-0.05, 0) is 31.4 Å². The molecule has 2 aromatic rings. The summed E-state index contributed by atoms with van der Waals surface area (Å²) >= 11 is 0. The number of aryl methyl sites for hydroxylation is 1. The third-order valence-corrected chi connectivity index (χ3v) is 4.55. The van der Waals surface area contributed by atoms with E-state index in [-0.39, 0.29) is 0 Å². The van der Waals surface area contributed by atoms with E-state index in [9.17, 15) is 0 Å². The van der Waals surface area contributed by atoms with Gasteiger partial charge in [-0.3, -0.25) is 0 Å². The summed E-state index contributed by atoms with van der Waals surface area (Å²) in [4.78, 5) is 0. The number of imidazole rings is 1. The predicted molar refractivity (Wildman–Crippen MR) is 98.0 cm³/mol. The van der Waals surface area contributed by atoms with E-state index < -0.39 is 0 Å². The Morgan fingerprint density at radius 1 is 0.826 bits per heavy atom. The minimum absolute atomic E-state index is 1.15. The molecule has 0 N–H and O–H groups in total. The molecule has 0 radical (unpaired) electrons. The van der Waals surface area contributed by atoms with Crippen molar-refractivity contribution in [2.24, 2.45) is 0 Å². The van der Waals surface area contributed by atoms with Crippen LogP contribution in [-0.4, -0.2) is 4.57 Å². The van der Waals surface area contributed by atoms with Crippen LogP contribution in [0.15, 0.2) is 42.7 Å². The summed E-state index contributed by atoms with van der Waals surface area (Å²) in [6.45, 7) is 5.70. The molecular formula is C21H33N2+. The molecule has 0 spiro atoms. The zero-order chi connectivity index (χ0) is 16.3. The highest BCUT2D eigenvalue weighted by Gasteiger charge is 2.17. The van der Waals surface area contributed by atoms with E-state index in [1.54, 1.807) is 0 Å². The van der Waals surface area contributed by atoms with E-state index in [0.29, 0.717) is 0 Å². The van der Waals surface area contributed by atoms with Crippen LogP contribution in [0.4, 0.5) is 0 Å². The van der Waals surface area contributed by atoms with Gasteiger partial charge in [0.1, 0.15) is 18.1 Å². The standard InChI is InChI=1S/C21H33N2/c1-3-5-7-8-12-16-21-22(17-13-6-4-2)18-19-23(21)20-14-10-9-11-15-20/h9-11,14-15,18-19H,3-8,12-13,16-17H2,1-2H3/q+1. The number of hydrogen-bond donors (Lipinski definition) is 0. The third kappa shape index (κ3) is 5.53. The molecular weight excluding hydrogens is 280 g/mol. The largest absolute Gasteiger partial charge is 0.261 e. The van der Waals surface area contributed by atoms with Gasteiger partial charge < -0.3 is 0 Å². The van der Waals surface area contributed by atoms with Crippen molar-refractivity contribution in [2.45, 2.75) is 78.2 Å². The Kier molecular flexibility index (Phi) is 7.92. The first kappa shape index (κ1) is 17.8. The number of unbranched alkanes of at least 4 members (excludes halogenated alkanes) is 6. The lowest BCUT2D eigenvalue weighted by Crippen LogP contribution is -2.37. The van der Waals surface area contributed by atoms with E-state index in [4.69, 9.17) is 0 Å². The maximum atomic E-state index is 2.47. The molecule has 1 aromatic heterocycles. The van der Waals surface area contributed by atoms with E-state index in [2.05, 4.69) is 65.7 Å². The van der Waals surface area contributed by atoms with Crippen molar-refractivity contribution in [1.82, 2.24) is 4.57 Å². The van der Waals surface area contributed by atoms with E-state index in [0.717, 1.165) is 6.54 Å². The molecule has 0 aliphatic heterocycles. The Morgan fingerprint density at radius 2 is 1.52 bits per heavy atom. The quantitative estimate of drug-likeness (QED) is 0.384. The highest BCUT2D eigenvalue weighted by molar-refractivity contribution is 5.31. The molecule has 0 aliphatic carbocycles. The maximum Gasteiger partial charge on any atom is 0.261 e. The molecule has 0 amide bonds. The number of aromatic nitrogens is 2. The predicted octanol–water partition coefficient (Wildman–Crippen LogP) is 5.47. The fourth-order valence-corrected chi connectivity index (χ4v) is 3.17. The molecule has 2 heteroatoms. The van der Waals surface area contributed by atoms with Gasteiger partial charge >= 0.3 is 0 Å². The van der Waals surface area contributed by atoms with Crippen LogP contribution in [0.25, 0.3) is 5.69 Å². The summed E-state index contributed by atoms with van der Waals surface area (Å²) < 4.78 is 4.86. The topological polar surface area (TPSA) is 8.81 Å². The highest BCUT2D eigenvalue weighted by Crippen LogP contribution is 2.13. The SMILES string of the molecule is CCCCCCCc1n(-c2ccccc2)cc[n+]1CCCCC. The van der Waals surface area contributed by atoms with Crippen LogP contribution in [0.3, 0.4) is 0 Å². The summed E-state index contributed by atoms with van der Waals surface area (Å²) in [5.74, 6) is 1.46. The van der Waals surface area contributed by atoms with Crippen LogP contribution in [0.2, 0.25) is 0 Å². The Labute approximate surface area is 142 Å². The lowest BCUT2D eigenvalue weighted by Gasteiger charge is -2.05. The van der Waals surface area contributed by atoms with Crippen LogP contribution < -0.4 is 4.57 Å². The fourth-order valence-electron chi connectivity index (χ4n) is 3.17. The molecule has 2 rings (SSSR count). The van der Waals surface area contributed by atoms with Crippen LogP contribution in [-0.2, 0) is 13.0 Å². The smallest absolute Gasteiger partial charge is 0.234 e. The van der Waals surface area contributed by atoms with Crippen molar-refractivity contribution >= 4 is 0 Å². The molecule has 1 aromatic carbocycles. The van der Waals surface area contributed by atoms with Gasteiger partial charge in [-0.25, -0.2) is 4.57 Å². The highest BCUT2D eigenvalue weighted by atomic mass is 15.1. The first-order valence-electron chi connectivity index (χ1n) is 9.52. The van der Waals surface area contributed by atoms with Gasteiger partial charge in [-0.1, -0.05) is 64.2 Å². The first-order chi connectivity index (χ1) is 11.4. The molecule has 23 heavy (non-hydrogen) atoms. The summed E-state index contributed by atoms with van der Waals surface area (Å²) in [7, 11) is 0. The van der Waals surface area contributed by atoms with Gasteiger partial charge in [0.25, 0.3) is 5.82 Å². The molecule has 0 aliphatic rings. The van der Waals surface area contributed by atoms with Crippen molar-refractivity contribution in [3.8, 4) is 5.69 Å². The van der Waals surface area contributed by atoms with Gasteiger partial charge in [-0.2, -0.15) is 4.57 Å². The van der Waals surface area contributed by atoms with Crippen molar-refractivity contribution in [2.75, 3.05) is 0 Å². The number of para-hydroxylation sites is 1. The summed E-state index contributed by atoms with van der Waals surface area (Å²) in [5.41, 5.74) is 1.28. The van der Waals surface area contributed by atoms with E-state index in [1.807, 2.05) is 0 Å². The molecule has 0 saturated heterocycles. The van der Waals surface area contributed by atoms with Crippen molar-refractivity contribution < 1.29 is 4.57 Å². The van der Waals surface area contributed by atoms with Crippen LogP contribution in [0.1, 0.15) is 71.0 Å². The van der Waals surface area contributed by atoms with Crippen molar-refractivity contribution in [1.29, 1.82) is 0 Å². The number of nitrogens with zero attached hydrogens (tertiary/aromatic N) is 2. The average Bonchev–Trinajstić information content (AvgIpc) is 2.99. The van der Waals surface area contributed by atoms with E-state index >= 15 is 0 Å². The molecule has 0 bridgehead atoms. The van der Waals surface area contributed by atoms with Crippen molar-refractivity contribution in [3.63, 3.8) is 0 Å². The van der Waals surface area contributed by atoms with Crippen molar-refractivity contribution in [3.05, 3.63) is 48.5 Å². The zero-order valence-corrected chi connectivity index (χ0v) is 15.0. The summed E-state index contributed by atoms with van der Waals surface area (Å²) in [6.07, 6.45) is 16.3. The number of hydrogen-bond acceptors (Lipinski definition) is 0. The van der Waals surface area contributed by atoms with Gasteiger partial charge in [0.05, 0.1) is 6.54 Å². The Hall–Kier alpha value is -1.57. The summed E-state index contributed by atoms with van der Waals surface area (Å²) in [5, 5.41) is 0. The summed E-state index contributed by atoms with van der Waals surface area (Å²) in [6, 6.07) is 10.8. The Morgan fingerprint density at radius 3 is 2.26 bits per heavy atom. The van der Waals surface area contributed by atoms with E-state index in [1.165, 1.54) is 69.3 Å². The second kappa shape index (κ2) is 10.3. The molecule has 2 nitrogen and oxygen atoms in total. The number of benzene rings is 1. The normalized spacial score (nSPS) is 11.0. The van der Waals surface area contributed by atoms with Gasteiger partial charge in [0.15, 0.2) is 0 Å². The molecule has 0 fully saturated rings. The minimum atomic E-state index is 1.15. The van der Waals surface area contributed by atoms with Crippen LogP contribution in [0.5, 0.6) is 0 Å². The maximum absolute atomic E-state index is 2.47. The number of rotatable bonds is 11.